The molecule has 0 aromatic heterocycles. The summed E-state index contributed by atoms with van der Waals surface area (Å²) in [6.45, 7) is 22.0. The highest BCUT2D eigenvalue weighted by atomic mass is 16.2. The molecule has 29 heavy (non-hydrogen) atoms. The number of carbonyl (C=O) groups excluding carboxylic acids is 3. The number of hydrogen-bond donors (Lipinski definition) is 3. The van der Waals surface area contributed by atoms with E-state index in [0.29, 0.717) is 24.2 Å². The molecular formula is C23H41N3O3. The van der Waals surface area contributed by atoms with Crippen molar-refractivity contribution in [2.75, 3.05) is 0 Å². The summed E-state index contributed by atoms with van der Waals surface area (Å²) in [7, 11) is 0. The Morgan fingerprint density at radius 2 is 1.24 bits per heavy atom. The summed E-state index contributed by atoms with van der Waals surface area (Å²) < 4.78 is 0. The molecule has 3 aliphatic rings. The molecular weight excluding hydrogens is 366 g/mol. The van der Waals surface area contributed by atoms with Gasteiger partial charge in [0.1, 0.15) is 5.78 Å². The van der Waals surface area contributed by atoms with Crippen LogP contribution in [0.15, 0.2) is 12.2 Å². The second kappa shape index (κ2) is 8.58. The third kappa shape index (κ3) is 8.69. The molecule has 0 aromatic carbocycles. The van der Waals surface area contributed by atoms with Crippen LogP contribution < -0.4 is 16.0 Å². The maximum atomic E-state index is 11.3. The molecule has 3 heterocycles. The lowest BCUT2D eigenvalue weighted by molar-refractivity contribution is -0.124. The van der Waals surface area contributed by atoms with E-state index >= 15 is 0 Å². The Hall–Kier alpha value is -1.69. The normalized spacial score (nSPS) is 28.4. The monoisotopic (exact) mass is 407 g/mol. The molecule has 166 valence electrons. The number of carbonyl (C=O) groups is 3. The van der Waals surface area contributed by atoms with Gasteiger partial charge in [0.05, 0.1) is 0 Å². The van der Waals surface area contributed by atoms with Crippen molar-refractivity contribution in [3.8, 4) is 0 Å². The molecule has 3 aliphatic heterocycles. The zero-order chi connectivity index (χ0) is 22.8. The van der Waals surface area contributed by atoms with E-state index in [-0.39, 0.29) is 39.9 Å². The predicted octanol–water partition coefficient (Wildman–Crippen LogP) is 3.26. The van der Waals surface area contributed by atoms with Crippen molar-refractivity contribution in [2.24, 2.45) is 5.92 Å². The van der Waals surface area contributed by atoms with E-state index in [1.54, 1.807) is 0 Å². The Balaban J connectivity index is 0.000000219. The number of Topliss-reactive ketones (excluding diaryl/α,β-unsaturated/α-hetero) is 1. The lowest BCUT2D eigenvalue weighted by Gasteiger charge is -2.41. The number of ketones is 1. The standard InChI is InChI=1S/C9H17NO.C7H13NO.C7H11NO/c1-8(2)5-7(11)6-9(3,4)10-8;2*1-5-4-7(2,3)8-6(5)9/h10H,5-6H2,1-4H3;5H,4H2,1-3H3,(H,8,9);1,4H2,2-3H3,(H,8,9)/t;5-;/m.0./s1. The molecule has 3 saturated heterocycles. The van der Waals surface area contributed by atoms with Gasteiger partial charge in [0.15, 0.2) is 0 Å². The van der Waals surface area contributed by atoms with E-state index in [0.717, 1.165) is 12.8 Å². The summed E-state index contributed by atoms with van der Waals surface area (Å²) in [6, 6.07) is 0. The van der Waals surface area contributed by atoms with Crippen LogP contribution in [0, 0.1) is 5.92 Å². The minimum absolute atomic E-state index is 0.000000000000000222. The highest BCUT2D eigenvalue weighted by Crippen LogP contribution is 2.25. The van der Waals surface area contributed by atoms with Gasteiger partial charge in [-0.3, -0.25) is 14.4 Å². The van der Waals surface area contributed by atoms with Crippen molar-refractivity contribution in [3.63, 3.8) is 0 Å². The molecule has 0 aliphatic carbocycles. The van der Waals surface area contributed by atoms with Crippen LogP contribution in [0.1, 0.15) is 88.0 Å². The Morgan fingerprint density at radius 3 is 1.41 bits per heavy atom. The van der Waals surface area contributed by atoms with Crippen molar-refractivity contribution in [3.05, 3.63) is 12.2 Å². The molecule has 6 heteroatoms. The van der Waals surface area contributed by atoms with Crippen molar-refractivity contribution < 1.29 is 14.4 Å². The quantitative estimate of drug-likeness (QED) is 0.538. The first-order chi connectivity index (χ1) is 12.8. The van der Waals surface area contributed by atoms with Crippen LogP contribution >= 0.6 is 0 Å². The minimum Gasteiger partial charge on any atom is -0.351 e. The average Bonchev–Trinajstić information content (AvgIpc) is 2.79. The van der Waals surface area contributed by atoms with E-state index in [1.165, 1.54) is 0 Å². The van der Waals surface area contributed by atoms with Crippen LogP contribution in [-0.4, -0.2) is 39.8 Å². The van der Waals surface area contributed by atoms with E-state index in [9.17, 15) is 14.4 Å². The Morgan fingerprint density at radius 1 is 0.759 bits per heavy atom. The zero-order valence-electron chi connectivity index (χ0n) is 19.8. The highest BCUT2D eigenvalue weighted by molar-refractivity contribution is 5.96. The number of rotatable bonds is 0. The fourth-order valence-electron chi connectivity index (χ4n) is 4.47. The van der Waals surface area contributed by atoms with E-state index in [4.69, 9.17) is 0 Å². The maximum absolute atomic E-state index is 11.3. The van der Waals surface area contributed by atoms with E-state index < -0.39 is 0 Å². The molecule has 0 aromatic rings. The summed E-state index contributed by atoms with van der Waals surface area (Å²) in [5.41, 5.74) is 0.641. The van der Waals surface area contributed by atoms with Crippen LogP contribution in [0.3, 0.4) is 0 Å². The summed E-state index contributed by atoms with van der Waals surface area (Å²) >= 11 is 0. The molecule has 0 bridgehead atoms. The molecule has 3 N–H and O–H groups in total. The Kier molecular flexibility index (Phi) is 7.50. The molecule has 3 rings (SSSR count). The van der Waals surface area contributed by atoms with Gasteiger partial charge in [-0.15, -0.1) is 0 Å². The van der Waals surface area contributed by atoms with Gasteiger partial charge in [-0.05, 0) is 68.2 Å². The summed E-state index contributed by atoms with van der Waals surface area (Å²) in [6.07, 6.45) is 3.06. The van der Waals surface area contributed by atoms with E-state index in [1.807, 2.05) is 20.8 Å². The van der Waals surface area contributed by atoms with Gasteiger partial charge in [-0.1, -0.05) is 13.5 Å². The predicted molar refractivity (Wildman–Crippen MR) is 118 cm³/mol. The van der Waals surface area contributed by atoms with Crippen molar-refractivity contribution >= 4 is 17.6 Å². The number of hydrogen-bond acceptors (Lipinski definition) is 4. The lowest BCUT2D eigenvalue weighted by atomic mass is 9.82. The fourth-order valence-corrected chi connectivity index (χ4v) is 4.47. The molecule has 0 unspecified atom stereocenters. The summed E-state index contributed by atoms with van der Waals surface area (Å²) in [5, 5.41) is 9.15. The van der Waals surface area contributed by atoms with Gasteiger partial charge in [0.2, 0.25) is 11.8 Å². The largest absolute Gasteiger partial charge is 0.351 e. The Bertz CT molecular complexity index is 639. The van der Waals surface area contributed by atoms with Crippen LogP contribution in [0.5, 0.6) is 0 Å². The van der Waals surface area contributed by atoms with Crippen molar-refractivity contribution in [1.82, 2.24) is 16.0 Å². The molecule has 0 radical (unpaired) electrons. The third-order valence-electron chi connectivity index (χ3n) is 5.11. The second-order valence-corrected chi connectivity index (χ2v) is 11.4. The second-order valence-electron chi connectivity index (χ2n) is 11.4. The topological polar surface area (TPSA) is 87.3 Å². The molecule has 3 fully saturated rings. The first-order valence-electron chi connectivity index (χ1n) is 10.5. The summed E-state index contributed by atoms with van der Waals surface area (Å²) in [5.74, 6) is 0.777. The third-order valence-corrected chi connectivity index (χ3v) is 5.11. The SMILES string of the molecule is C=C1CC(C)(C)NC1=O.CC1(C)CC(=O)CC(C)(C)N1.C[C@H]1CC(C)(C)NC1=O. The van der Waals surface area contributed by atoms with Gasteiger partial charge in [-0.2, -0.15) is 0 Å². The van der Waals surface area contributed by atoms with Gasteiger partial charge < -0.3 is 16.0 Å². The average molecular weight is 408 g/mol. The van der Waals surface area contributed by atoms with Gasteiger partial charge in [-0.25, -0.2) is 0 Å². The van der Waals surface area contributed by atoms with Gasteiger partial charge in [0.25, 0.3) is 0 Å². The highest BCUT2D eigenvalue weighted by Gasteiger charge is 2.36. The number of amides is 2. The van der Waals surface area contributed by atoms with Gasteiger partial charge in [0, 0.05) is 46.5 Å². The number of nitrogens with one attached hydrogen (secondary N) is 3. The molecule has 2 amide bonds. The number of piperidine rings is 1. The fraction of sp³-hybridized carbons (Fsp3) is 0.783. The van der Waals surface area contributed by atoms with Crippen molar-refractivity contribution in [2.45, 2.75) is 110 Å². The van der Waals surface area contributed by atoms with Crippen molar-refractivity contribution in [1.29, 1.82) is 0 Å². The maximum Gasteiger partial charge on any atom is 0.247 e. The van der Waals surface area contributed by atoms with Crippen LogP contribution in [0.25, 0.3) is 0 Å². The minimum atomic E-state index is -0.0613. The Labute approximate surface area is 176 Å². The van der Waals surface area contributed by atoms with Crippen LogP contribution in [0.4, 0.5) is 0 Å². The molecule has 1 atom stereocenters. The molecule has 0 spiro atoms. The smallest absolute Gasteiger partial charge is 0.247 e. The van der Waals surface area contributed by atoms with Crippen LogP contribution in [-0.2, 0) is 14.4 Å². The first-order valence-corrected chi connectivity index (χ1v) is 10.5. The first kappa shape index (κ1) is 25.3. The van der Waals surface area contributed by atoms with Gasteiger partial charge >= 0.3 is 0 Å². The summed E-state index contributed by atoms with van der Waals surface area (Å²) in [4.78, 5) is 32.9. The van der Waals surface area contributed by atoms with Crippen LogP contribution in [0.2, 0.25) is 0 Å². The molecule has 6 nitrogen and oxygen atoms in total. The zero-order valence-corrected chi connectivity index (χ0v) is 19.8. The van der Waals surface area contributed by atoms with E-state index in [2.05, 4.69) is 64.1 Å². The lowest BCUT2D eigenvalue weighted by Crippen LogP contribution is -2.58. The molecule has 0 saturated carbocycles.